The molecule has 2 aliphatic carbocycles. The number of fused-ring (bicyclic) bond motifs is 3. The molecule has 0 spiro atoms. The highest BCUT2D eigenvalue weighted by Crippen LogP contribution is 2.45. The number of aromatic nitrogens is 5. The van der Waals surface area contributed by atoms with E-state index in [1.165, 1.54) is 41.5 Å². The molecule has 3 aromatic heterocycles. The summed E-state index contributed by atoms with van der Waals surface area (Å²) < 4.78 is 7.86. The molecule has 2 fully saturated rings. The summed E-state index contributed by atoms with van der Waals surface area (Å²) in [6.45, 7) is 5.62. The number of hydrogen-bond acceptors (Lipinski definition) is 8. The number of anilines is 1. The van der Waals surface area contributed by atoms with Gasteiger partial charge in [-0.2, -0.15) is 0 Å². The molecule has 4 heterocycles. The van der Waals surface area contributed by atoms with Crippen molar-refractivity contribution in [3.8, 4) is 0 Å². The lowest BCUT2D eigenvalue weighted by molar-refractivity contribution is 0.121. The maximum absolute atomic E-state index is 5.52. The Hall–Kier alpha value is -1.71. The second-order valence-electron chi connectivity index (χ2n) is 8.30. The van der Waals surface area contributed by atoms with Crippen LogP contribution in [0.15, 0.2) is 16.5 Å². The highest BCUT2D eigenvalue weighted by atomic mass is 32.2. The summed E-state index contributed by atoms with van der Waals surface area (Å²) in [4.78, 5) is 14.2. The van der Waals surface area contributed by atoms with Crippen LogP contribution in [-0.4, -0.2) is 51.0 Å². The van der Waals surface area contributed by atoms with Crippen molar-refractivity contribution < 1.29 is 4.74 Å². The first-order valence-electron chi connectivity index (χ1n) is 10.5. The fourth-order valence-electron chi connectivity index (χ4n) is 4.38. The number of aryl methyl sites for hydroxylation is 1. The Balaban J connectivity index is 1.39. The van der Waals surface area contributed by atoms with Crippen molar-refractivity contribution >= 4 is 39.3 Å². The number of rotatable bonds is 4. The van der Waals surface area contributed by atoms with Crippen LogP contribution >= 0.6 is 23.1 Å². The molecule has 3 aromatic rings. The number of nitrogens with zero attached hydrogens (tertiary/aromatic N) is 6. The van der Waals surface area contributed by atoms with E-state index in [1.807, 2.05) is 11.3 Å². The summed E-state index contributed by atoms with van der Waals surface area (Å²) in [5.74, 6) is 1.75. The quantitative estimate of drug-likeness (QED) is 0.587. The molecule has 1 saturated heterocycles. The lowest BCUT2D eigenvalue weighted by Crippen LogP contribution is -2.38. The molecule has 1 aliphatic heterocycles. The van der Waals surface area contributed by atoms with Gasteiger partial charge in [-0.25, -0.2) is 9.97 Å². The van der Waals surface area contributed by atoms with Crippen molar-refractivity contribution in [2.45, 2.75) is 55.3 Å². The van der Waals surface area contributed by atoms with Gasteiger partial charge in [-0.1, -0.05) is 6.92 Å². The molecular weight excluding hydrogens is 404 g/mol. The minimum atomic E-state index is 0.514. The van der Waals surface area contributed by atoms with E-state index < -0.39 is 0 Å². The van der Waals surface area contributed by atoms with Crippen LogP contribution in [0.3, 0.4) is 0 Å². The lowest BCUT2D eigenvalue weighted by atomic mass is 9.89. The molecule has 0 amide bonds. The van der Waals surface area contributed by atoms with Gasteiger partial charge in [-0.05, 0) is 55.3 Å². The van der Waals surface area contributed by atoms with E-state index in [0.29, 0.717) is 6.04 Å². The molecule has 0 radical (unpaired) electrons. The standard InChI is InChI=1S/C20H24N6OS2/c1-12-2-5-14-15(10-12)28-17-16(14)18(22-11-21-17)29-20-24-23-19(26(20)13-3-4-13)25-6-8-27-9-7-25/h11-13H,2-10H2,1H3. The van der Waals surface area contributed by atoms with Crippen LogP contribution in [0.5, 0.6) is 0 Å². The van der Waals surface area contributed by atoms with Crippen LogP contribution in [0.1, 0.15) is 42.7 Å². The van der Waals surface area contributed by atoms with Gasteiger partial charge in [0, 0.05) is 29.4 Å². The fraction of sp³-hybridized carbons (Fsp3) is 0.600. The van der Waals surface area contributed by atoms with E-state index >= 15 is 0 Å². The third-order valence-electron chi connectivity index (χ3n) is 6.10. The highest BCUT2D eigenvalue weighted by Gasteiger charge is 2.33. The van der Waals surface area contributed by atoms with Crippen molar-refractivity contribution in [2.24, 2.45) is 5.92 Å². The predicted octanol–water partition coefficient (Wildman–Crippen LogP) is 3.73. The fourth-order valence-corrected chi connectivity index (χ4v) is 6.80. The molecule has 0 aromatic carbocycles. The first kappa shape index (κ1) is 18.1. The molecular formula is C20H24N6OS2. The Kier molecular flexibility index (Phi) is 4.50. The zero-order valence-corrected chi connectivity index (χ0v) is 18.1. The Labute approximate surface area is 177 Å². The van der Waals surface area contributed by atoms with Crippen molar-refractivity contribution in [1.29, 1.82) is 0 Å². The maximum atomic E-state index is 5.52. The summed E-state index contributed by atoms with van der Waals surface area (Å²) in [6, 6.07) is 0.514. The second kappa shape index (κ2) is 7.21. The van der Waals surface area contributed by atoms with Gasteiger partial charge >= 0.3 is 0 Å². The number of ether oxygens (including phenoxy) is 1. The largest absolute Gasteiger partial charge is 0.378 e. The van der Waals surface area contributed by atoms with Gasteiger partial charge in [0.05, 0.1) is 13.2 Å². The lowest BCUT2D eigenvalue weighted by Gasteiger charge is -2.27. The Morgan fingerprint density at radius 3 is 2.83 bits per heavy atom. The Bertz CT molecular complexity index is 1050. The van der Waals surface area contributed by atoms with Crippen LogP contribution < -0.4 is 4.90 Å². The summed E-state index contributed by atoms with van der Waals surface area (Å²) >= 11 is 3.51. The summed E-state index contributed by atoms with van der Waals surface area (Å²) in [5, 5.41) is 12.4. The Morgan fingerprint density at radius 1 is 1.14 bits per heavy atom. The zero-order valence-electron chi connectivity index (χ0n) is 16.5. The number of hydrogen-bond donors (Lipinski definition) is 0. The normalized spacial score (nSPS) is 22.2. The molecule has 1 unspecified atom stereocenters. The van der Waals surface area contributed by atoms with Crippen LogP contribution in [0.25, 0.3) is 10.2 Å². The average molecular weight is 429 g/mol. The number of thiophene rings is 1. The van der Waals surface area contributed by atoms with E-state index in [9.17, 15) is 0 Å². The van der Waals surface area contributed by atoms with Gasteiger partial charge in [0.1, 0.15) is 16.2 Å². The van der Waals surface area contributed by atoms with E-state index in [1.54, 1.807) is 18.1 Å². The summed E-state index contributed by atoms with van der Waals surface area (Å²) in [5.41, 5.74) is 1.47. The molecule has 6 rings (SSSR count). The smallest absolute Gasteiger partial charge is 0.228 e. The monoisotopic (exact) mass is 428 g/mol. The number of morpholine rings is 1. The zero-order chi connectivity index (χ0) is 19.4. The van der Waals surface area contributed by atoms with Crippen molar-refractivity contribution in [3.05, 3.63) is 16.8 Å². The molecule has 29 heavy (non-hydrogen) atoms. The minimum Gasteiger partial charge on any atom is -0.378 e. The van der Waals surface area contributed by atoms with Gasteiger partial charge in [0.2, 0.25) is 5.95 Å². The second-order valence-corrected chi connectivity index (χ2v) is 10.3. The molecule has 1 atom stereocenters. The third-order valence-corrected chi connectivity index (χ3v) is 8.22. The SMILES string of the molecule is CC1CCc2c(sc3ncnc(Sc4nnc(N5CCOCC5)n4C4CC4)c23)C1. The molecule has 7 nitrogen and oxygen atoms in total. The van der Waals surface area contributed by atoms with Crippen molar-refractivity contribution in [3.63, 3.8) is 0 Å². The molecule has 9 heteroatoms. The minimum absolute atomic E-state index is 0.514. The van der Waals surface area contributed by atoms with Crippen molar-refractivity contribution in [1.82, 2.24) is 24.7 Å². The van der Waals surface area contributed by atoms with Crippen LogP contribution in [0, 0.1) is 5.92 Å². The summed E-state index contributed by atoms with van der Waals surface area (Å²) in [6.07, 6.45) is 7.65. The van der Waals surface area contributed by atoms with Gasteiger partial charge in [-0.15, -0.1) is 21.5 Å². The van der Waals surface area contributed by atoms with E-state index in [2.05, 4.69) is 36.6 Å². The third kappa shape index (κ3) is 3.23. The van der Waals surface area contributed by atoms with Gasteiger partial charge < -0.3 is 9.64 Å². The van der Waals surface area contributed by atoms with Gasteiger partial charge in [0.15, 0.2) is 5.16 Å². The molecule has 1 saturated carbocycles. The van der Waals surface area contributed by atoms with Gasteiger partial charge in [0.25, 0.3) is 0 Å². The predicted molar refractivity (Wildman–Crippen MR) is 114 cm³/mol. The topological polar surface area (TPSA) is 69.0 Å². The van der Waals surface area contributed by atoms with E-state index in [0.717, 1.165) is 59.6 Å². The summed E-state index contributed by atoms with van der Waals surface area (Å²) in [7, 11) is 0. The van der Waals surface area contributed by atoms with E-state index in [4.69, 9.17) is 4.74 Å². The first-order valence-corrected chi connectivity index (χ1v) is 12.1. The van der Waals surface area contributed by atoms with E-state index in [-0.39, 0.29) is 0 Å². The molecule has 0 bridgehead atoms. The highest BCUT2D eigenvalue weighted by molar-refractivity contribution is 7.99. The van der Waals surface area contributed by atoms with Crippen LogP contribution in [0.4, 0.5) is 5.95 Å². The molecule has 0 N–H and O–H groups in total. The van der Waals surface area contributed by atoms with Crippen molar-refractivity contribution in [2.75, 3.05) is 31.2 Å². The Morgan fingerprint density at radius 2 is 2.00 bits per heavy atom. The molecule has 3 aliphatic rings. The van der Waals surface area contributed by atoms with Gasteiger partial charge in [-0.3, -0.25) is 4.57 Å². The first-order chi connectivity index (χ1) is 14.3. The van der Waals surface area contributed by atoms with Crippen LogP contribution in [0.2, 0.25) is 0 Å². The maximum Gasteiger partial charge on any atom is 0.228 e. The van der Waals surface area contributed by atoms with Crippen LogP contribution in [-0.2, 0) is 17.6 Å². The average Bonchev–Trinajstić information content (AvgIpc) is 3.38. The molecule has 152 valence electrons.